The molecule has 0 saturated carbocycles. The van der Waals surface area contributed by atoms with Gasteiger partial charge in [-0.1, -0.05) is 112 Å². The average molecular weight is 543 g/mol. The summed E-state index contributed by atoms with van der Waals surface area (Å²) >= 11 is 0. The summed E-state index contributed by atoms with van der Waals surface area (Å²) in [6.07, 6.45) is 5.61. The van der Waals surface area contributed by atoms with Crippen LogP contribution in [0.5, 0.6) is 5.75 Å². The standard InChI is InChI=1S/C34H39FO3Si/c1-25(22-27-17-18-32(36)31(35)23-27)16-19-33-30(20-21-37-33)26(2)24-38-39(34(3,4)5,28-12-8-6-9-13-28)29-14-10-7-11-15-29/h6-15,17-18,20,22-23,33,36H,2,16,19,21,24H2,1,3-5H3/b25-22+. The Labute approximate surface area is 233 Å². The number of phenolic OH excluding ortho intramolecular Hbond substituents is 1. The molecule has 1 N–H and O–H groups in total. The quantitative estimate of drug-likeness (QED) is 0.276. The Bertz CT molecular complexity index is 1300. The lowest BCUT2D eigenvalue weighted by Crippen LogP contribution is -2.66. The Morgan fingerprint density at radius 1 is 1.05 bits per heavy atom. The van der Waals surface area contributed by atoms with Crippen LogP contribution in [0.2, 0.25) is 5.04 Å². The van der Waals surface area contributed by atoms with Gasteiger partial charge in [0, 0.05) is 0 Å². The summed E-state index contributed by atoms with van der Waals surface area (Å²) in [5, 5.41) is 11.8. The van der Waals surface area contributed by atoms with Gasteiger partial charge in [0.15, 0.2) is 11.6 Å². The summed E-state index contributed by atoms with van der Waals surface area (Å²) < 4.78 is 26.9. The van der Waals surface area contributed by atoms with E-state index in [1.165, 1.54) is 22.5 Å². The Morgan fingerprint density at radius 2 is 1.67 bits per heavy atom. The molecule has 0 radical (unpaired) electrons. The highest BCUT2D eigenvalue weighted by Gasteiger charge is 2.50. The summed E-state index contributed by atoms with van der Waals surface area (Å²) in [5.74, 6) is -0.948. The van der Waals surface area contributed by atoms with Crippen LogP contribution in [0.25, 0.3) is 6.08 Å². The zero-order valence-electron chi connectivity index (χ0n) is 23.4. The fourth-order valence-electron chi connectivity index (χ4n) is 5.45. The Kier molecular flexibility index (Phi) is 9.06. The third-order valence-corrected chi connectivity index (χ3v) is 12.4. The SMILES string of the molecule is C=C(CO[Si](c1ccccc1)(c1ccccc1)C(C)(C)C)C1=CCOC1CC/C(C)=C/c1ccc(O)c(F)c1. The van der Waals surface area contributed by atoms with E-state index in [1.807, 2.05) is 13.0 Å². The third kappa shape index (κ3) is 6.49. The van der Waals surface area contributed by atoms with E-state index >= 15 is 0 Å². The first-order chi connectivity index (χ1) is 18.6. The average Bonchev–Trinajstić information content (AvgIpc) is 3.39. The van der Waals surface area contributed by atoms with Crippen molar-refractivity contribution in [1.82, 2.24) is 0 Å². The number of hydrogen-bond acceptors (Lipinski definition) is 3. The van der Waals surface area contributed by atoms with Crippen LogP contribution in [-0.2, 0) is 9.16 Å². The lowest BCUT2D eigenvalue weighted by atomic mass is 9.97. The van der Waals surface area contributed by atoms with Gasteiger partial charge in [-0.15, -0.1) is 0 Å². The third-order valence-electron chi connectivity index (χ3n) is 7.42. The maximum Gasteiger partial charge on any atom is 0.261 e. The molecule has 5 heteroatoms. The van der Waals surface area contributed by atoms with E-state index in [0.717, 1.165) is 35.1 Å². The van der Waals surface area contributed by atoms with Crippen LogP contribution in [0.1, 0.15) is 46.1 Å². The van der Waals surface area contributed by atoms with Gasteiger partial charge in [0.1, 0.15) is 0 Å². The normalized spacial score (nSPS) is 16.3. The zero-order valence-corrected chi connectivity index (χ0v) is 24.4. The number of benzene rings is 3. The number of phenols is 1. The van der Waals surface area contributed by atoms with Crippen LogP contribution in [0.15, 0.2) is 108 Å². The summed E-state index contributed by atoms with van der Waals surface area (Å²) in [7, 11) is -2.66. The van der Waals surface area contributed by atoms with Gasteiger partial charge < -0.3 is 14.3 Å². The van der Waals surface area contributed by atoms with Crippen molar-refractivity contribution in [3.8, 4) is 5.75 Å². The molecule has 0 amide bonds. The molecule has 0 saturated heterocycles. The fraction of sp³-hybridized carbons (Fsp3) is 0.294. The summed E-state index contributed by atoms with van der Waals surface area (Å²) in [4.78, 5) is 0. The van der Waals surface area contributed by atoms with Crippen LogP contribution >= 0.6 is 0 Å². The highest BCUT2D eigenvalue weighted by molar-refractivity contribution is 6.99. The van der Waals surface area contributed by atoms with Crippen LogP contribution in [0, 0.1) is 5.82 Å². The molecular formula is C34H39FO3Si. The van der Waals surface area contributed by atoms with Crippen molar-refractivity contribution in [2.75, 3.05) is 13.2 Å². The molecule has 0 bridgehead atoms. The zero-order chi connectivity index (χ0) is 28.0. The van der Waals surface area contributed by atoms with E-state index in [9.17, 15) is 9.50 Å². The maximum atomic E-state index is 13.7. The van der Waals surface area contributed by atoms with Crippen LogP contribution in [0.4, 0.5) is 4.39 Å². The molecule has 0 aromatic heterocycles. The van der Waals surface area contributed by atoms with Gasteiger partial charge in [-0.2, -0.15) is 0 Å². The minimum atomic E-state index is -2.66. The first-order valence-electron chi connectivity index (χ1n) is 13.5. The van der Waals surface area contributed by atoms with Gasteiger partial charge in [0.25, 0.3) is 8.32 Å². The molecule has 4 rings (SSSR count). The second-order valence-corrected chi connectivity index (χ2v) is 15.6. The molecule has 1 atom stereocenters. The van der Waals surface area contributed by atoms with Crippen molar-refractivity contribution < 1.29 is 18.7 Å². The van der Waals surface area contributed by atoms with Gasteiger partial charge in [-0.25, -0.2) is 4.39 Å². The summed E-state index contributed by atoms with van der Waals surface area (Å²) in [6, 6.07) is 25.7. The van der Waals surface area contributed by atoms with Crippen LogP contribution in [0.3, 0.4) is 0 Å². The Hall–Kier alpha value is -3.25. The van der Waals surface area contributed by atoms with Gasteiger partial charge in [0.05, 0.1) is 19.3 Å². The van der Waals surface area contributed by atoms with Crippen molar-refractivity contribution in [3.05, 3.63) is 120 Å². The highest BCUT2D eigenvalue weighted by Crippen LogP contribution is 2.38. The number of hydrogen-bond donors (Lipinski definition) is 1. The molecular weight excluding hydrogens is 503 g/mol. The van der Waals surface area contributed by atoms with Crippen molar-refractivity contribution in [1.29, 1.82) is 0 Å². The summed E-state index contributed by atoms with van der Waals surface area (Å²) in [5.41, 5.74) is 3.90. The second-order valence-electron chi connectivity index (χ2n) is 11.3. The molecule has 0 spiro atoms. The monoisotopic (exact) mass is 542 g/mol. The van der Waals surface area contributed by atoms with Gasteiger partial charge >= 0.3 is 0 Å². The minimum Gasteiger partial charge on any atom is -0.505 e. The van der Waals surface area contributed by atoms with Crippen molar-refractivity contribution in [3.63, 3.8) is 0 Å². The van der Waals surface area contributed by atoms with E-state index in [0.29, 0.717) is 13.2 Å². The lowest BCUT2D eigenvalue weighted by Gasteiger charge is -2.43. The van der Waals surface area contributed by atoms with Gasteiger partial charge in [-0.05, 0) is 64.0 Å². The van der Waals surface area contributed by atoms with Crippen LogP contribution < -0.4 is 10.4 Å². The molecule has 204 valence electrons. The number of ether oxygens (including phenoxy) is 1. The van der Waals surface area contributed by atoms with Gasteiger partial charge in [-0.3, -0.25) is 0 Å². The number of allylic oxidation sites excluding steroid dienone is 1. The number of rotatable bonds is 10. The molecule has 1 unspecified atom stereocenters. The Morgan fingerprint density at radius 3 is 2.23 bits per heavy atom. The van der Waals surface area contributed by atoms with E-state index < -0.39 is 14.1 Å². The fourth-order valence-corrected chi connectivity index (χ4v) is 10.0. The second kappa shape index (κ2) is 12.3. The summed E-state index contributed by atoms with van der Waals surface area (Å²) in [6.45, 7) is 14.3. The van der Waals surface area contributed by atoms with E-state index in [-0.39, 0.29) is 16.9 Å². The number of aromatic hydroxyl groups is 1. The largest absolute Gasteiger partial charge is 0.505 e. The first-order valence-corrected chi connectivity index (χ1v) is 15.4. The van der Waals surface area contributed by atoms with Crippen molar-refractivity contribution in [2.45, 2.75) is 51.7 Å². The lowest BCUT2D eigenvalue weighted by molar-refractivity contribution is 0.116. The molecule has 0 aliphatic carbocycles. The predicted octanol–water partition coefficient (Wildman–Crippen LogP) is 7.17. The molecule has 3 aromatic carbocycles. The van der Waals surface area contributed by atoms with E-state index in [4.69, 9.17) is 9.16 Å². The number of halogens is 1. The van der Waals surface area contributed by atoms with E-state index in [1.54, 1.807) is 6.07 Å². The highest BCUT2D eigenvalue weighted by atomic mass is 28.4. The smallest absolute Gasteiger partial charge is 0.261 e. The first kappa shape index (κ1) is 28.7. The molecule has 3 nitrogen and oxygen atoms in total. The van der Waals surface area contributed by atoms with Crippen molar-refractivity contribution >= 4 is 24.8 Å². The van der Waals surface area contributed by atoms with Gasteiger partial charge in [0.2, 0.25) is 0 Å². The molecule has 0 fully saturated rings. The van der Waals surface area contributed by atoms with E-state index in [2.05, 4.69) is 94.1 Å². The maximum absolute atomic E-state index is 13.7. The topological polar surface area (TPSA) is 38.7 Å². The minimum absolute atomic E-state index is 0.0554. The predicted molar refractivity (Wildman–Crippen MR) is 161 cm³/mol. The molecule has 1 heterocycles. The Balaban J connectivity index is 1.49. The van der Waals surface area contributed by atoms with Crippen molar-refractivity contribution in [2.24, 2.45) is 0 Å². The molecule has 1 aliphatic heterocycles. The van der Waals surface area contributed by atoms with Crippen LogP contribution in [-0.4, -0.2) is 32.7 Å². The molecule has 1 aliphatic rings. The molecule has 39 heavy (non-hydrogen) atoms. The molecule has 3 aromatic rings.